The van der Waals surface area contributed by atoms with E-state index in [0.717, 1.165) is 16.4 Å². The Balaban J connectivity index is 1.54. The van der Waals surface area contributed by atoms with E-state index in [2.05, 4.69) is 38.8 Å². The molecule has 3 N–H and O–H groups in total. The van der Waals surface area contributed by atoms with E-state index in [-0.39, 0.29) is 17.7 Å². The fourth-order valence-corrected chi connectivity index (χ4v) is 2.73. The van der Waals surface area contributed by atoms with Crippen molar-refractivity contribution in [2.45, 2.75) is 12.8 Å². The Labute approximate surface area is 158 Å². The molecule has 2 aromatic carbocycles. The minimum atomic E-state index is -0.431. The summed E-state index contributed by atoms with van der Waals surface area (Å²) in [5.41, 5.74) is 6.25. The van der Waals surface area contributed by atoms with Gasteiger partial charge in [0.2, 0.25) is 5.91 Å². The minimum absolute atomic E-state index is 0.0157. The number of nitrogens with one attached hydrogen (secondary N) is 3. The molecule has 0 atom stereocenters. The zero-order valence-electron chi connectivity index (χ0n) is 13.2. The number of hydrogen-bond acceptors (Lipinski definition) is 3. The monoisotopic (exact) mass is 449 g/mol. The zero-order chi connectivity index (χ0) is 17.8. The van der Waals surface area contributed by atoms with Gasteiger partial charge >= 0.3 is 0 Å². The van der Waals surface area contributed by atoms with E-state index in [1.165, 1.54) is 0 Å². The van der Waals surface area contributed by atoms with E-state index < -0.39 is 5.91 Å². The van der Waals surface area contributed by atoms with Crippen molar-refractivity contribution in [2.24, 2.45) is 5.92 Å². The van der Waals surface area contributed by atoms with E-state index in [4.69, 9.17) is 0 Å². The lowest BCUT2D eigenvalue weighted by Gasteiger charge is -2.09. The number of hydrazine groups is 1. The molecule has 0 saturated heterocycles. The Morgan fingerprint density at radius 1 is 0.880 bits per heavy atom. The molecule has 1 aliphatic rings. The molecule has 0 spiro atoms. The van der Waals surface area contributed by atoms with Crippen LogP contribution in [-0.2, 0) is 4.79 Å². The van der Waals surface area contributed by atoms with Gasteiger partial charge in [-0.05, 0) is 77.9 Å². The summed E-state index contributed by atoms with van der Waals surface area (Å²) in [6.07, 6.45) is 1.87. The van der Waals surface area contributed by atoms with Crippen molar-refractivity contribution in [3.8, 4) is 0 Å². The number of carbonyl (C=O) groups excluding carboxylic acids is 3. The van der Waals surface area contributed by atoms with Crippen LogP contribution in [0.3, 0.4) is 0 Å². The Morgan fingerprint density at radius 3 is 2.12 bits per heavy atom. The Kier molecular flexibility index (Phi) is 5.32. The molecule has 0 radical (unpaired) electrons. The number of amides is 3. The summed E-state index contributed by atoms with van der Waals surface area (Å²) < 4.78 is 0.931. The molecule has 0 aliphatic heterocycles. The molecular weight excluding hydrogens is 433 g/mol. The Bertz CT molecular complexity index is 817. The highest BCUT2D eigenvalue weighted by atomic mass is 127. The summed E-state index contributed by atoms with van der Waals surface area (Å²) in [7, 11) is 0. The molecule has 0 heterocycles. The van der Waals surface area contributed by atoms with Gasteiger partial charge in [0.15, 0.2) is 0 Å². The normalized spacial score (nSPS) is 13.0. The smallest absolute Gasteiger partial charge is 0.269 e. The average Bonchev–Trinajstić information content (AvgIpc) is 3.45. The second-order valence-electron chi connectivity index (χ2n) is 5.76. The average molecular weight is 449 g/mol. The molecule has 25 heavy (non-hydrogen) atoms. The van der Waals surface area contributed by atoms with Crippen LogP contribution in [0.25, 0.3) is 0 Å². The van der Waals surface area contributed by atoms with Crippen LogP contribution < -0.4 is 16.2 Å². The van der Waals surface area contributed by atoms with Gasteiger partial charge in [-0.2, -0.15) is 0 Å². The van der Waals surface area contributed by atoms with Crippen LogP contribution in [0, 0.1) is 9.49 Å². The first-order valence-electron chi connectivity index (χ1n) is 7.80. The van der Waals surface area contributed by atoms with Crippen LogP contribution in [0.4, 0.5) is 5.69 Å². The molecule has 128 valence electrons. The topological polar surface area (TPSA) is 87.3 Å². The largest absolute Gasteiger partial charge is 0.326 e. The summed E-state index contributed by atoms with van der Waals surface area (Å²) in [4.78, 5) is 35.8. The lowest BCUT2D eigenvalue weighted by atomic mass is 10.2. The highest BCUT2D eigenvalue weighted by Gasteiger charge is 2.29. The SMILES string of the molecule is O=C(NNC(=O)c1cccc(I)c1)c1ccc(NC(=O)C2CC2)cc1. The molecule has 7 heteroatoms. The number of carbonyl (C=O) groups is 3. The summed E-state index contributed by atoms with van der Waals surface area (Å²) in [5, 5.41) is 2.81. The van der Waals surface area contributed by atoms with Crippen LogP contribution in [-0.4, -0.2) is 17.7 Å². The highest BCUT2D eigenvalue weighted by molar-refractivity contribution is 14.1. The summed E-state index contributed by atoms with van der Waals surface area (Å²) >= 11 is 2.11. The predicted molar refractivity (Wildman–Crippen MR) is 102 cm³/mol. The summed E-state index contributed by atoms with van der Waals surface area (Å²) in [5.74, 6) is -0.680. The molecule has 1 saturated carbocycles. The van der Waals surface area contributed by atoms with Gasteiger partial charge < -0.3 is 5.32 Å². The van der Waals surface area contributed by atoms with Gasteiger partial charge in [-0.3, -0.25) is 25.2 Å². The Morgan fingerprint density at radius 2 is 1.52 bits per heavy atom. The summed E-state index contributed by atoms with van der Waals surface area (Å²) in [6.45, 7) is 0. The van der Waals surface area contributed by atoms with E-state index in [9.17, 15) is 14.4 Å². The minimum Gasteiger partial charge on any atom is -0.326 e. The van der Waals surface area contributed by atoms with Crippen molar-refractivity contribution in [3.05, 3.63) is 63.2 Å². The number of benzene rings is 2. The molecule has 2 aromatic rings. The summed E-state index contributed by atoms with van der Waals surface area (Å²) in [6, 6.07) is 13.5. The molecule has 3 rings (SSSR count). The fraction of sp³-hybridized carbons (Fsp3) is 0.167. The first-order chi connectivity index (χ1) is 12.0. The van der Waals surface area contributed by atoms with E-state index >= 15 is 0 Å². The van der Waals surface area contributed by atoms with Crippen LogP contribution in [0.1, 0.15) is 33.6 Å². The standard InChI is InChI=1S/C18H16IN3O3/c19-14-3-1-2-13(10-14)18(25)22-21-17(24)12-6-8-15(9-7-12)20-16(23)11-4-5-11/h1-3,6-11H,4-5H2,(H,20,23)(H,21,24)(H,22,25). The number of rotatable bonds is 4. The molecular formula is C18H16IN3O3. The quantitative estimate of drug-likeness (QED) is 0.496. The zero-order valence-corrected chi connectivity index (χ0v) is 15.4. The predicted octanol–water partition coefficient (Wildman–Crippen LogP) is 2.71. The lowest BCUT2D eigenvalue weighted by molar-refractivity contribution is -0.117. The van der Waals surface area contributed by atoms with Gasteiger partial charge in [0.05, 0.1) is 0 Å². The Hall–Kier alpha value is -2.42. The first-order valence-corrected chi connectivity index (χ1v) is 8.88. The maximum absolute atomic E-state index is 12.1. The third-order valence-electron chi connectivity index (χ3n) is 3.74. The third kappa shape index (κ3) is 4.79. The van der Waals surface area contributed by atoms with Crippen molar-refractivity contribution in [3.63, 3.8) is 0 Å². The molecule has 6 nitrogen and oxygen atoms in total. The second-order valence-corrected chi connectivity index (χ2v) is 7.01. The molecule has 1 aliphatic carbocycles. The first kappa shape index (κ1) is 17.4. The molecule has 0 bridgehead atoms. The lowest BCUT2D eigenvalue weighted by Crippen LogP contribution is -2.41. The number of anilines is 1. The van der Waals surface area contributed by atoms with Crippen LogP contribution in [0.5, 0.6) is 0 Å². The molecule has 3 amide bonds. The van der Waals surface area contributed by atoms with E-state index in [1.807, 2.05) is 6.07 Å². The molecule has 1 fully saturated rings. The van der Waals surface area contributed by atoms with Crippen molar-refractivity contribution in [1.29, 1.82) is 0 Å². The van der Waals surface area contributed by atoms with Crippen LogP contribution >= 0.6 is 22.6 Å². The van der Waals surface area contributed by atoms with Gasteiger partial charge in [-0.25, -0.2) is 0 Å². The molecule has 0 aromatic heterocycles. The maximum Gasteiger partial charge on any atom is 0.269 e. The van der Waals surface area contributed by atoms with Gasteiger partial charge in [-0.1, -0.05) is 6.07 Å². The van der Waals surface area contributed by atoms with Crippen LogP contribution in [0.15, 0.2) is 48.5 Å². The molecule has 0 unspecified atom stereocenters. The van der Waals surface area contributed by atoms with Crippen LogP contribution in [0.2, 0.25) is 0 Å². The third-order valence-corrected chi connectivity index (χ3v) is 4.41. The van der Waals surface area contributed by atoms with E-state index in [0.29, 0.717) is 16.8 Å². The van der Waals surface area contributed by atoms with Crippen molar-refractivity contribution in [2.75, 3.05) is 5.32 Å². The number of hydrogen-bond donors (Lipinski definition) is 3. The van der Waals surface area contributed by atoms with Gasteiger partial charge in [0.25, 0.3) is 11.8 Å². The maximum atomic E-state index is 12.1. The highest BCUT2D eigenvalue weighted by Crippen LogP contribution is 2.30. The fourth-order valence-electron chi connectivity index (χ4n) is 2.18. The van der Waals surface area contributed by atoms with Gasteiger partial charge in [-0.15, -0.1) is 0 Å². The van der Waals surface area contributed by atoms with Crippen molar-refractivity contribution >= 4 is 46.0 Å². The number of halogens is 1. The van der Waals surface area contributed by atoms with Gasteiger partial charge in [0, 0.05) is 26.3 Å². The van der Waals surface area contributed by atoms with Crippen molar-refractivity contribution in [1.82, 2.24) is 10.9 Å². The second kappa shape index (κ2) is 7.64. The van der Waals surface area contributed by atoms with Gasteiger partial charge in [0.1, 0.15) is 0 Å². The van der Waals surface area contributed by atoms with Crippen molar-refractivity contribution < 1.29 is 14.4 Å². The van der Waals surface area contributed by atoms with E-state index in [1.54, 1.807) is 42.5 Å².